The number of rotatable bonds is 4. The molecule has 24 heavy (non-hydrogen) atoms. The summed E-state index contributed by atoms with van der Waals surface area (Å²) in [6.45, 7) is 1.94. The van der Waals surface area contributed by atoms with Crippen molar-refractivity contribution in [2.24, 2.45) is 0 Å². The summed E-state index contributed by atoms with van der Waals surface area (Å²) in [6.07, 6.45) is -0.0276. The molecule has 3 atom stereocenters. The molecule has 1 aliphatic heterocycles. The summed E-state index contributed by atoms with van der Waals surface area (Å²) in [7, 11) is -1.87. The van der Waals surface area contributed by atoms with Gasteiger partial charge in [-0.2, -0.15) is 0 Å². The molecule has 128 valence electrons. The summed E-state index contributed by atoms with van der Waals surface area (Å²) in [5, 5.41) is -0.524. The molecule has 0 spiro atoms. The minimum atomic E-state index is -3.42. The molecule has 0 amide bonds. The molecule has 0 aliphatic carbocycles. The van der Waals surface area contributed by atoms with E-state index in [0.717, 1.165) is 11.1 Å². The number of benzene rings is 2. The topological polar surface area (TPSA) is 52.6 Å². The molecule has 1 saturated heterocycles. The first-order chi connectivity index (χ1) is 11.5. The zero-order valence-corrected chi connectivity index (χ0v) is 14.7. The number of methoxy groups -OCH3 is 1. The Labute approximate surface area is 143 Å². The second-order valence-electron chi connectivity index (χ2n) is 6.15. The van der Waals surface area contributed by atoms with Gasteiger partial charge < -0.3 is 9.47 Å². The first kappa shape index (κ1) is 17.1. The minimum Gasteiger partial charge on any atom is -0.356 e. The van der Waals surface area contributed by atoms with E-state index in [1.54, 1.807) is 19.2 Å². The van der Waals surface area contributed by atoms with Gasteiger partial charge >= 0.3 is 0 Å². The van der Waals surface area contributed by atoms with E-state index >= 15 is 0 Å². The van der Waals surface area contributed by atoms with Gasteiger partial charge in [0.15, 0.2) is 16.1 Å². The van der Waals surface area contributed by atoms with Gasteiger partial charge in [-0.25, -0.2) is 8.42 Å². The van der Waals surface area contributed by atoms with Crippen LogP contribution in [0.25, 0.3) is 0 Å². The van der Waals surface area contributed by atoms with Crippen LogP contribution in [-0.4, -0.2) is 27.1 Å². The predicted molar refractivity (Wildman–Crippen MR) is 92.5 cm³/mol. The van der Waals surface area contributed by atoms with E-state index in [4.69, 9.17) is 9.47 Å². The molecule has 0 aromatic heterocycles. The maximum Gasteiger partial charge on any atom is 0.181 e. The molecule has 3 rings (SSSR count). The summed E-state index contributed by atoms with van der Waals surface area (Å²) < 4.78 is 37.3. The second-order valence-corrected chi connectivity index (χ2v) is 8.38. The van der Waals surface area contributed by atoms with E-state index in [2.05, 4.69) is 0 Å². The van der Waals surface area contributed by atoms with Gasteiger partial charge in [-0.15, -0.1) is 0 Å². The Morgan fingerprint density at radius 3 is 2.29 bits per heavy atom. The van der Waals surface area contributed by atoms with Crippen LogP contribution in [0.15, 0.2) is 59.5 Å². The molecule has 0 N–H and O–H groups in total. The van der Waals surface area contributed by atoms with Crippen LogP contribution >= 0.6 is 0 Å². The Bertz CT molecular complexity index is 769. The Hall–Kier alpha value is -1.69. The van der Waals surface area contributed by atoms with Crippen molar-refractivity contribution in [3.05, 3.63) is 65.7 Å². The maximum absolute atomic E-state index is 13.0. The predicted octanol–water partition coefficient (Wildman–Crippen LogP) is 3.66. The van der Waals surface area contributed by atoms with Crippen LogP contribution in [0, 0.1) is 6.92 Å². The van der Waals surface area contributed by atoms with Crippen molar-refractivity contribution in [1.29, 1.82) is 0 Å². The van der Waals surface area contributed by atoms with E-state index in [9.17, 15) is 8.42 Å². The van der Waals surface area contributed by atoms with Crippen molar-refractivity contribution in [2.75, 3.05) is 7.11 Å². The van der Waals surface area contributed by atoms with Crippen LogP contribution in [-0.2, 0) is 19.3 Å². The van der Waals surface area contributed by atoms with Gasteiger partial charge in [0.05, 0.1) is 16.2 Å². The Kier molecular flexibility index (Phi) is 5.04. The lowest BCUT2D eigenvalue weighted by atomic mass is 10.0. The number of ether oxygens (including phenoxy) is 2. The molecule has 1 aliphatic rings. The van der Waals surface area contributed by atoms with Gasteiger partial charge in [-0.05, 0) is 31.0 Å². The van der Waals surface area contributed by atoms with E-state index in [0.29, 0.717) is 17.7 Å². The zero-order chi connectivity index (χ0) is 17.2. The first-order valence-corrected chi connectivity index (χ1v) is 9.59. The third-order valence-corrected chi connectivity index (χ3v) is 6.66. The summed E-state index contributed by atoms with van der Waals surface area (Å²) >= 11 is 0. The monoisotopic (exact) mass is 346 g/mol. The lowest BCUT2D eigenvalue weighted by molar-refractivity contribution is -0.180. The summed E-state index contributed by atoms with van der Waals surface area (Å²) in [4.78, 5) is 0.363. The van der Waals surface area contributed by atoms with Crippen LogP contribution in [0.4, 0.5) is 0 Å². The molecule has 4 nitrogen and oxygen atoms in total. The largest absolute Gasteiger partial charge is 0.356 e. The normalized spacial score (nSPS) is 24.7. The maximum atomic E-state index is 13.0. The highest BCUT2D eigenvalue weighted by Gasteiger charge is 2.38. The third-order valence-electron chi connectivity index (χ3n) is 4.47. The van der Waals surface area contributed by atoms with Crippen molar-refractivity contribution >= 4 is 9.84 Å². The van der Waals surface area contributed by atoms with Crippen LogP contribution in [0.5, 0.6) is 0 Å². The van der Waals surface area contributed by atoms with Crippen molar-refractivity contribution < 1.29 is 17.9 Å². The zero-order valence-electron chi connectivity index (χ0n) is 13.9. The summed E-state index contributed by atoms with van der Waals surface area (Å²) in [6, 6.07) is 16.7. The third kappa shape index (κ3) is 3.53. The first-order valence-electron chi connectivity index (χ1n) is 8.04. The van der Waals surface area contributed by atoms with Crippen LogP contribution < -0.4 is 0 Å². The summed E-state index contributed by atoms with van der Waals surface area (Å²) in [5.74, 6) is 0. The highest BCUT2D eigenvalue weighted by atomic mass is 32.2. The fourth-order valence-electron chi connectivity index (χ4n) is 3.05. The van der Waals surface area contributed by atoms with Gasteiger partial charge in [0.2, 0.25) is 0 Å². The smallest absolute Gasteiger partial charge is 0.181 e. The molecule has 1 unspecified atom stereocenters. The number of sulfone groups is 1. The number of hydrogen-bond acceptors (Lipinski definition) is 4. The Morgan fingerprint density at radius 1 is 1.00 bits per heavy atom. The average Bonchev–Trinajstić information content (AvgIpc) is 2.62. The quantitative estimate of drug-likeness (QED) is 0.848. The minimum absolute atomic E-state index is 0.282. The van der Waals surface area contributed by atoms with Crippen LogP contribution in [0.1, 0.15) is 30.1 Å². The molecular formula is C19H22O4S. The SMILES string of the molecule is COC1C[C@@H](S(=O)(=O)c2ccc(C)cc2)C[C@@H](c2ccccc2)O1. The van der Waals surface area contributed by atoms with E-state index in [1.807, 2.05) is 49.4 Å². The second kappa shape index (κ2) is 7.05. The molecule has 0 radical (unpaired) electrons. The molecule has 1 fully saturated rings. The molecule has 2 aromatic carbocycles. The van der Waals surface area contributed by atoms with E-state index in [1.165, 1.54) is 0 Å². The van der Waals surface area contributed by atoms with Gasteiger partial charge in [0, 0.05) is 13.5 Å². The van der Waals surface area contributed by atoms with Crippen molar-refractivity contribution in [2.45, 2.75) is 42.3 Å². The van der Waals surface area contributed by atoms with Crippen molar-refractivity contribution in [1.82, 2.24) is 0 Å². The van der Waals surface area contributed by atoms with Crippen LogP contribution in [0.2, 0.25) is 0 Å². The van der Waals surface area contributed by atoms with Gasteiger partial charge in [-0.1, -0.05) is 48.0 Å². The fourth-order valence-corrected chi connectivity index (χ4v) is 4.79. The van der Waals surface area contributed by atoms with Crippen molar-refractivity contribution in [3.8, 4) is 0 Å². The Balaban J connectivity index is 1.90. The van der Waals surface area contributed by atoms with Crippen molar-refractivity contribution in [3.63, 3.8) is 0 Å². The molecule has 5 heteroatoms. The van der Waals surface area contributed by atoms with Gasteiger partial charge in [0.1, 0.15) is 0 Å². The molecule has 2 aromatic rings. The highest BCUT2D eigenvalue weighted by Crippen LogP contribution is 2.36. The standard InChI is InChI=1S/C19H22O4S/c1-14-8-10-16(11-9-14)24(20,21)17-12-18(23-19(13-17)22-2)15-6-4-3-5-7-15/h3-11,17-19H,12-13H2,1-2H3/t17-,18-,19?/m0/s1. The summed E-state index contributed by atoms with van der Waals surface area (Å²) in [5.41, 5.74) is 2.02. The molecular weight excluding hydrogens is 324 g/mol. The highest BCUT2D eigenvalue weighted by molar-refractivity contribution is 7.92. The Morgan fingerprint density at radius 2 is 1.67 bits per heavy atom. The van der Waals surface area contributed by atoms with Crippen LogP contribution in [0.3, 0.4) is 0 Å². The lowest BCUT2D eigenvalue weighted by Gasteiger charge is -2.34. The van der Waals surface area contributed by atoms with E-state index < -0.39 is 21.4 Å². The number of hydrogen-bond donors (Lipinski definition) is 0. The average molecular weight is 346 g/mol. The van der Waals surface area contributed by atoms with Gasteiger partial charge in [0.25, 0.3) is 0 Å². The fraction of sp³-hybridized carbons (Fsp3) is 0.368. The molecule has 0 saturated carbocycles. The number of aryl methyl sites for hydroxylation is 1. The molecule has 1 heterocycles. The lowest BCUT2D eigenvalue weighted by Crippen LogP contribution is -2.37. The molecule has 0 bridgehead atoms. The van der Waals surface area contributed by atoms with Gasteiger partial charge in [-0.3, -0.25) is 0 Å². The van der Waals surface area contributed by atoms with E-state index in [-0.39, 0.29) is 6.10 Å².